The highest BCUT2D eigenvalue weighted by Crippen LogP contribution is 2.37. The molecule has 0 atom stereocenters. The second-order valence-electron chi connectivity index (χ2n) is 7.38. The Kier molecular flexibility index (Phi) is 4.37. The summed E-state index contributed by atoms with van der Waals surface area (Å²) in [5, 5.41) is 21.9. The van der Waals surface area contributed by atoms with Crippen LogP contribution in [0.25, 0.3) is 16.9 Å². The average molecular weight is 417 g/mol. The summed E-state index contributed by atoms with van der Waals surface area (Å²) in [5.74, 6) is -0.343. The second-order valence-corrected chi connectivity index (χ2v) is 8.48. The van der Waals surface area contributed by atoms with E-state index in [4.69, 9.17) is 0 Å². The minimum Gasteiger partial charge on any atom is -0.311 e. The van der Waals surface area contributed by atoms with Gasteiger partial charge in [0.25, 0.3) is 5.91 Å². The van der Waals surface area contributed by atoms with Gasteiger partial charge in [0.15, 0.2) is 11.3 Å². The van der Waals surface area contributed by atoms with Crippen LogP contribution in [0.2, 0.25) is 0 Å². The lowest BCUT2D eigenvalue weighted by Gasteiger charge is -2.09. The summed E-state index contributed by atoms with van der Waals surface area (Å²) < 4.78 is 3.45. The van der Waals surface area contributed by atoms with Crippen molar-refractivity contribution in [1.29, 1.82) is 5.26 Å². The summed E-state index contributed by atoms with van der Waals surface area (Å²) in [6.45, 7) is 1.98. The topological polar surface area (TPSA) is 101 Å². The number of nitrogens with one attached hydrogen (secondary N) is 1. The highest BCUT2D eigenvalue weighted by Gasteiger charge is 2.23. The van der Waals surface area contributed by atoms with Crippen molar-refractivity contribution in [2.45, 2.75) is 32.6 Å². The predicted octanol–water partition coefficient (Wildman–Crippen LogP) is 3.50. The molecular weight excluding hydrogens is 398 g/mol. The number of thiophene rings is 1. The van der Waals surface area contributed by atoms with Crippen LogP contribution in [0.3, 0.4) is 0 Å². The van der Waals surface area contributed by atoms with Crippen molar-refractivity contribution in [1.82, 2.24) is 24.4 Å². The fourth-order valence-electron chi connectivity index (χ4n) is 3.90. The first kappa shape index (κ1) is 18.5. The first-order valence-electron chi connectivity index (χ1n) is 9.76. The molecule has 0 saturated heterocycles. The lowest BCUT2D eigenvalue weighted by Crippen LogP contribution is -2.13. The molecule has 4 heterocycles. The van der Waals surface area contributed by atoms with Crippen molar-refractivity contribution in [3.05, 3.63) is 51.9 Å². The number of nitriles is 1. The summed E-state index contributed by atoms with van der Waals surface area (Å²) in [6, 6.07) is 5.79. The maximum Gasteiger partial charge on any atom is 0.276 e. The maximum absolute atomic E-state index is 12.9. The molecule has 1 aliphatic carbocycles. The van der Waals surface area contributed by atoms with Crippen molar-refractivity contribution >= 4 is 27.9 Å². The van der Waals surface area contributed by atoms with Gasteiger partial charge in [-0.3, -0.25) is 9.48 Å². The van der Waals surface area contributed by atoms with Gasteiger partial charge in [-0.1, -0.05) is 0 Å². The minimum absolute atomic E-state index is 0.256. The van der Waals surface area contributed by atoms with Gasteiger partial charge in [0.05, 0.1) is 17.5 Å². The molecule has 0 fully saturated rings. The standard InChI is InChI=1S/C21H19N7OS/c1-12-15(11-24-27(12)2)17-7-8-23-19-9-16(26-28(17)19)20(29)25-21-14(10-22)13-5-3-4-6-18(13)30-21/h7-9,11H,3-6H2,1-2H3,(H,25,29). The van der Waals surface area contributed by atoms with Crippen molar-refractivity contribution in [2.24, 2.45) is 7.05 Å². The Morgan fingerprint density at radius 3 is 2.93 bits per heavy atom. The Labute approximate surface area is 176 Å². The van der Waals surface area contributed by atoms with Crippen LogP contribution in [-0.2, 0) is 19.9 Å². The van der Waals surface area contributed by atoms with Crippen LogP contribution >= 0.6 is 11.3 Å². The van der Waals surface area contributed by atoms with Gasteiger partial charge in [-0.25, -0.2) is 9.50 Å². The van der Waals surface area contributed by atoms with E-state index < -0.39 is 0 Å². The van der Waals surface area contributed by atoms with Crippen LogP contribution in [0.15, 0.2) is 24.5 Å². The molecule has 8 nitrogen and oxygen atoms in total. The zero-order valence-corrected chi connectivity index (χ0v) is 17.5. The number of carbonyl (C=O) groups excluding carboxylic acids is 1. The van der Waals surface area contributed by atoms with Gasteiger partial charge >= 0.3 is 0 Å². The Bertz CT molecular complexity index is 1340. The largest absolute Gasteiger partial charge is 0.311 e. The SMILES string of the molecule is Cc1c(-c2ccnc3cc(C(=O)Nc4sc5c(c4C#N)CCCC5)nn23)cnn1C. The van der Waals surface area contributed by atoms with E-state index in [2.05, 4.69) is 26.6 Å². The molecule has 0 saturated carbocycles. The number of carbonyl (C=O) groups is 1. The normalized spacial score (nSPS) is 13.2. The van der Waals surface area contributed by atoms with Crippen molar-refractivity contribution in [3.63, 3.8) is 0 Å². The summed E-state index contributed by atoms with van der Waals surface area (Å²) in [4.78, 5) is 18.5. The molecule has 1 aliphatic rings. The zero-order chi connectivity index (χ0) is 20.8. The van der Waals surface area contributed by atoms with E-state index in [1.807, 2.05) is 20.0 Å². The molecule has 150 valence electrons. The van der Waals surface area contributed by atoms with Crippen molar-refractivity contribution < 1.29 is 4.79 Å². The van der Waals surface area contributed by atoms with Gasteiger partial charge in [-0.05, 0) is 44.2 Å². The van der Waals surface area contributed by atoms with Gasteiger partial charge in [0.1, 0.15) is 11.1 Å². The molecule has 1 N–H and O–H groups in total. The number of nitrogens with zero attached hydrogens (tertiary/aromatic N) is 6. The third-order valence-corrected chi connectivity index (χ3v) is 6.82. The first-order chi connectivity index (χ1) is 14.6. The van der Waals surface area contributed by atoms with E-state index >= 15 is 0 Å². The number of fused-ring (bicyclic) bond motifs is 2. The Hall–Kier alpha value is -3.51. The smallest absolute Gasteiger partial charge is 0.276 e. The molecule has 0 aliphatic heterocycles. The van der Waals surface area contributed by atoms with Gasteiger partial charge in [0.2, 0.25) is 0 Å². The first-order valence-corrected chi connectivity index (χ1v) is 10.6. The van der Waals surface area contributed by atoms with Gasteiger partial charge < -0.3 is 5.32 Å². The molecule has 0 radical (unpaired) electrons. The fourth-order valence-corrected chi connectivity index (χ4v) is 5.13. The molecule has 30 heavy (non-hydrogen) atoms. The van der Waals surface area contributed by atoms with Gasteiger partial charge in [-0.15, -0.1) is 11.3 Å². The number of hydrogen-bond acceptors (Lipinski definition) is 6. The van der Waals surface area contributed by atoms with Crippen LogP contribution < -0.4 is 5.32 Å². The quantitative estimate of drug-likeness (QED) is 0.550. The Balaban J connectivity index is 1.51. The molecular formula is C21H19N7OS. The van der Waals surface area contributed by atoms with Gasteiger partial charge in [-0.2, -0.15) is 15.5 Å². The zero-order valence-electron chi connectivity index (χ0n) is 16.6. The molecule has 4 aromatic rings. The summed E-state index contributed by atoms with van der Waals surface area (Å²) in [6.07, 6.45) is 7.55. The lowest BCUT2D eigenvalue weighted by molar-refractivity contribution is 0.102. The third-order valence-electron chi connectivity index (χ3n) is 5.61. The minimum atomic E-state index is -0.343. The van der Waals surface area contributed by atoms with E-state index in [9.17, 15) is 10.1 Å². The molecule has 0 spiro atoms. The van der Waals surface area contributed by atoms with Crippen LogP contribution in [-0.4, -0.2) is 30.3 Å². The summed E-state index contributed by atoms with van der Waals surface area (Å²) >= 11 is 1.51. The lowest BCUT2D eigenvalue weighted by atomic mass is 9.96. The molecule has 4 aromatic heterocycles. The second kappa shape index (κ2) is 7.07. The molecule has 0 aromatic carbocycles. The average Bonchev–Trinajstić information content (AvgIpc) is 3.43. The maximum atomic E-state index is 12.9. The highest BCUT2D eigenvalue weighted by atomic mass is 32.1. The number of aromatic nitrogens is 5. The van der Waals surface area contributed by atoms with Crippen molar-refractivity contribution in [2.75, 3.05) is 5.32 Å². The Morgan fingerprint density at radius 1 is 1.33 bits per heavy atom. The van der Waals surface area contributed by atoms with Crippen LogP contribution in [0.1, 0.15) is 45.0 Å². The number of anilines is 1. The van der Waals surface area contributed by atoms with E-state index in [0.29, 0.717) is 16.2 Å². The number of hydrogen-bond donors (Lipinski definition) is 1. The van der Waals surface area contributed by atoms with Crippen molar-refractivity contribution in [3.8, 4) is 17.3 Å². The highest BCUT2D eigenvalue weighted by molar-refractivity contribution is 7.16. The summed E-state index contributed by atoms with van der Waals surface area (Å²) in [7, 11) is 1.88. The molecule has 5 rings (SSSR count). The Morgan fingerprint density at radius 2 is 2.17 bits per heavy atom. The van der Waals surface area contributed by atoms with Crippen LogP contribution in [0.5, 0.6) is 0 Å². The number of amides is 1. The van der Waals surface area contributed by atoms with E-state index in [-0.39, 0.29) is 11.6 Å². The van der Waals surface area contributed by atoms with E-state index in [0.717, 1.165) is 48.2 Å². The molecule has 0 unspecified atom stereocenters. The monoisotopic (exact) mass is 417 g/mol. The predicted molar refractivity (Wildman–Crippen MR) is 114 cm³/mol. The molecule has 0 bridgehead atoms. The van der Waals surface area contributed by atoms with Crippen LogP contribution in [0, 0.1) is 18.3 Å². The number of aryl methyl sites for hydroxylation is 2. The third kappa shape index (κ3) is 2.88. The molecule has 1 amide bonds. The van der Waals surface area contributed by atoms with Crippen LogP contribution in [0.4, 0.5) is 5.00 Å². The van der Waals surface area contributed by atoms with Gasteiger partial charge in [0, 0.05) is 35.4 Å². The van der Waals surface area contributed by atoms with E-state index in [1.54, 1.807) is 27.7 Å². The summed E-state index contributed by atoms with van der Waals surface area (Å²) in [5.41, 5.74) is 5.25. The fraction of sp³-hybridized carbons (Fsp3) is 0.286. The molecule has 9 heteroatoms. The van der Waals surface area contributed by atoms with E-state index in [1.165, 1.54) is 16.2 Å². The number of rotatable bonds is 3.